The Labute approximate surface area is 125 Å². The summed E-state index contributed by atoms with van der Waals surface area (Å²) in [6.45, 7) is 4.53. The lowest BCUT2D eigenvalue weighted by molar-refractivity contribution is 0.312. The van der Waals surface area contributed by atoms with Crippen LogP contribution in [0, 0.1) is 0 Å². The van der Waals surface area contributed by atoms with Crippen LogP contribution in [0.5, 0.6) is 6.01 Å². The van der Waals surface area contributed by atoms with Crippen molar-refractivity contribution in [2.75, 3.05) is 24.3 Å². The van der Waals surface area contributed by atoms with Gasteiger partial charge in [0, 0.05) is 7.05 Å². The van der Waals surface area contributed by atoms with Gasteiger partial charge in [-0.15, -0.1) is 0 Å². The highest BCUT2D eigenvalue weighted by atomic mass is 16.5. The fraction of sp³-hybridized carbons (Fsp3) is 0.400. The summed E-state index contributed by atoms with van der Waals surface area (Å²) in [5, 5.41) is 6.25. The summed E-state index contributed by atoms with van der Waals surface area (Å²) in [5.41, 5.74) is 1.20. The Bertz CT molecular complexity index is 561. The van der Waals surface area contributed by atoms with Crippen LogP contribution in [0.25, 0.3) is 0 Å². The highest BCUT2D eigenvalue weighted by molar-refractivity contribution is 5.38. The zero-order valence-corrected chi connectivity index (χ0v) is 12.6. The average Bonchev–Trinajstić information content (AvgIpc) is 2.53. The first-order chi connectivity index (χ1) is 10.3. The maximum Gasteiger partial charge on any atom is 0.323 e. The molecule has 0 amide bonds. The molecular weight excluding hydrogens is 266 g/mol. The van der Waals surface area contributed by atoms with Crippen molar-refractivity contribution in [1.29, 1.82) is 0 Å². The number of hydrogen-bond donors (Lipinski definition) is 2. The summed E-state index contributed by atoms with van der Waals surface area (Å²) in [5.74, 6) is 0.993. The highest BCUT2D eigenvalue weighted by Gasteiger charge is 2.12. The number of anilines is 2. The van der Waals surface area contributed by atoms with E-state index in [1.165, 1.54) is 5.56 Å². The predicted octanol–water partition coefficient (Wildman–Crippen LogP) is 2.88. The molecule has 0 aliphatic rings. The number of aromatic nitrogens is 3. The summed E-state index contributed by atoms with van der Waals surface area (Å²) < 4.78 is 5.37. The number of hydrogen-bond acceptors (Lipinski definition) is 6. The van der Waals surface area contributed by atoms with Crippen molar-refractivity contribution in [2.45, 2.75) is 26.3 Å². The Kier molecular flexibility index (Phi) is 5.31. The van der Waals surface area contributed by atoms with Gasteiger partial charge >= 0.3 is 6.01 Å². The van der Waals surface area contributed by atoms with Crippen molar-refractivity contribution < 1.29 is 4.74 Å². The van der Waals surface area contributed by atoms with Gasteiger partial charge in [0.2, 0.25) is 11.9 Å². The molecule has 6 nitrogen and oxygen atoms in total. The van der Waals surface area contributed by atoms with Crippen molar-refractivity contribution in [2.24, 2.45) is 0 Å². The number of rotatable bonds is 7. The van der Waals surface area contributed by atoms with Crippen LogP contribution in [0.2, 0.25) is 0 Å². The van der Waals surface area contributed by atoms with E-state index in [1.54, 1.807) is 7.05 Å². The zero-order chi connectivity index (χ0) is 15.1. The number of nitrogens with zero attached hydrogens (tertiary/aromatic N) is 3. The van der Waals surface area contributed by atoms with Crippen LogP contribution in [-0.4, -0.2) is 28.6 Å². The molecule has 0 bridgehead atoms. The van der Waals surface area contributed by atoms with E-state index in [-0.39, 0.29) is 6.04 Å². The van der Waals surface area contributed by atoms with Gasteiger partial charge in [-0.25, -0.2) is 0 Å². The van der Waals surface area contributed by atoms with Gasteiger partial charge in [0.15, 0.2) is 0 Å². The van der Waals surface area contributed by atoms with Crippen molar-refractivity contribution in [3.63, 3.8) is 0 Å². The quantitative estimate of drug-likeness (QED) is 0.816. The molecule has 112 valence electrons. The Hall–Kier alpha value is -2.37. The lowest BCUT2D eigenvalue weighted by Crippen LogP contribution is -2.14. The van der Waals surface area contributed by atoms with E-state index in [2.05, 4.69) is 44.6 Å². The molecule has 2 N–H and O–H groups in total. The minimum atomic E-state index is 0.146. The van der Waals surface area contributed by atoms with Gasteiger partial charge < -0.3 is 15.4 Å². The third-order valence-corrected chi connectivity index (χ3v) is 3.03. The molecular formula is C15H21N5O. The molecule has 0 spiro atoms. The Morgan fingerprint density at radius 1 is 1.05 bits per heavy atom. The van der Waals surface area contributed by atoms with Crippen molar-refractivity contribution in [3.05, 3.63) is 35.9 Å². The Morgan fingerprint density at radius 3 is 2.38 bits per heavy atom. The fourth-order valence-electron chi connectivity index (χ4n) is 1.99. The van der Waals surface area contributed by atoms with E-state index in [9.17, 15) is 0 Å². The number of benzene rings is 1. The largest absolute Gasteiger partial charge is 0.464 e. The van der Waals surface area contributed by atoms with Gasteiger partial charge in [0.25, 0.3) is 0 Å². The molecule has 0 aliphatic heterocycles. The summed E-state index contributed by atoms with van der Waals surface area (Å²) in [6, 6.07) is 10.7. The first-order valence-electron chi connectivity index (χ1n) is 7.14. The second-order valence-electron chi connectivity index (χ2n) is 4.46. The van der Waals surface area contributed by atoms with Crippen molar-refractivity contribution >= 4 is 11.9 Å². The van der Waals surface area contributed by atoms with Gasteiger partial charge in [-0.2, -0.15) is 15.0 Å². The van der Waals surface area contributed by atoms with Crippen molar-refractivity contribution in [1.82, 2.24) is 15.0 Å². The summed E-state index contributed by atoms with van der Waals surface area (Å²) in [4.78, 5) is 12.8. The smallest absolute Gasteiger partial charge is 0.323 e. The molecule has 21 heavy (non-hydrogen) atoms. The monoisotopic (exact) mass is 287 g/mol. The summed E-state index contributed by atoms with van der Waals surface area (Å²) in [6.07, 6.45) is 0.925. The normalized spacial score (nSPS) is 11.8. The predicted molar refractivity (Wildman–Crippen MR) is 83.6 cm³/mol. The maximum absolute atomic E-state index is 5.37. The number of ether oxygens (including phenoxy) is 1. The first-order valence-corrected chi connectivity index (χ1v) is 7.14. The van der Waals surface area contributed by atoms with Crippen LogP contribution in [0.1, 0.15) is 31.9 Å². The second-order valence-corrected chi connectivity index (χ2v) is 4.46. The third-order valence-electron chi connectivity index (χ3n) is 3.03. The molecule has 0 saturated carbocycles. The van der Waals surface area contributed by atoms with E-state index < -0.39 is 0 Å². The fourth-order valence-corrected chi connectivity index (χ4v) is 1.99. The topological polar surface area (TPSA) is 72.0 Å². The zero-order valence-electron chi connectivity index (χ0n) is 12.6. The Balaban J connectivity index is 2.22. The van der Waals surface area contributed by atoms with E-state index in [4.69, 9.17) is 4.74 Å². The second kappa shape index (κ2) is 7.42. The average molecular weight is 287 g/mol. The number of nitrogens with one attached hydrogen (secondary N) is 2. The minimum absolute atomic E-state index is 0.146. The van der Waals surface area contributed by atoms with Gasteiger partial charge in [-0.3, -0.25) is 0 Å². The summed E-state index contributed by atoms with van der Waals surface area (Å²) >= 11 is 0. The van der Waals surface area contributed by atoms with Crippen LogP contribution in [0.15, 0.2) is 30.3 Å². The van der Waals surface area contributed by atoms with E-state index in [0.29, 0.717) is 24.5 Å². The molecule has 1 aromatic heterocycles. The van der Waals surface area contributed by atoms with Crippen LogP contribution >= 0.6 is 0 Å². The third kappa shape index (κ3) is 4.05. The molecule has 0 saturated heterocycles. The van der Waals surface area contributed by atoms with Crippen LogP contribution in [0.3, 0.4) is 0 Å². The molecule has 1 unspecified atom stereocenters. The van der Waals surface area contributed by atoms with Crippen LogP contribution in [-0.2, 0) is 0 Å². The molecule has 6 heteroatoms. The van der Waals surface area contributed by atoms with E-state index in [1.807, 2.05) is 25.1 Å². The minimum Gasteiger partial charge on any atom is -0.464 e. The molecule has 2 aromatic rings. The van der Waals surface area contributed by atoms with Crippen LogP contribution < -0.4 is 15.4 Å². The van der Waals surface area contributed by atoms with Crippen molar-refractivity contribution in [3.8, 4) is 6.01 Å². The van der Waals surface area contributed by atoms with E-state index in [0.717, 1.165) is 6.42 Å². The SMILES string of the molecule is CCOc1nc(NC)nc(NC(CC)c2ccccc2)n1. The van der Waals surface area contributed by atoms with Gasteiger partial charge in [-0.05, 0) is 18.9 Å². The summed E-state index contributed by atoms with van der Waals surface area (Å²) in [7, 11) is 1.77. The molecule has 2 rings (SSSR count). The molecule has 1 heterocycles. The molecule has 0 fully saturated rings. The van der Waals surface area contributed by atoms with Gasteiger partial charge in [0.05, 0.1) is 12.6 Å². The molecule has 0 aliphatic carbocycles. The van der Waals surface area contributed by atoms with Gasteiger partial charge in [-0.1, -0.05) is 37.3 Å². The standard InChI is InChI=1S/C15H21N5O/c1-4-12(11-9-7-6-8-10-11)17-14-18-13(16-3)19-15(20-14)21-5-2/h6-10,12H,4-5H2,1-3H3,(H2,16,17,18,19,20). The molecule has 1 atom stereocenters. The lowest BCUT2D eigenvalue weighted by atomic mass is 10.1. The highest BCUT2D eigenvalue weighted by Crippen LogP contribution is 2.21. The van der Waals surface area contributed by atoms with E-state index >= 15 is 0 Å². The first kappa shape index (κ1) is 15.0. The molecule has 0 radical (unpaired) electrons. The van der Waals surface area contributed by atoms with Crippen LogP contribution in [0.4, 0.5) is 11.9 Å². The maximum atomic E-state index is 5.37. The lowest BCUT2D eigenvalue weighted by Gasteiger charge is -2.18. The molecule has 1 aromatic carbocycles. The van der Waals surface area contributed by atoms with Gasteiger partial charge in [0.1, 0.15) is 0 Å². The Morgan fingerprint density at radius 2 is 1.76 bits per heavy atom.